The summed E-state index contributed by atoms with van der Waals surface area (Å²) in [5.41, 5.74) is -0.194. The maximum absolute atomic E-state index is 14.2. The number of halogens is 3. The van der Waals surface area contributed by atoms with E-state index in [9.17, 15) is 18.0 Å². The molecule has 2 aromatic heterocycles. The molecular formula is C19H9F3N4OS. The summed E-state index contributed by atoms with van der Waals surface area (Å²) < 4.78 is 43.2. The van der Waals surface area contributed by atoms with Gasteiger partial charge >= 0.3 is 0 Å². The fourth-order valence-corrected chi connectivity index (χ4v) is 3.45. The summed E-state index contributed by atoms with van der Waals surface area (Å²) in [6, 6.07) is 8.66. The second-order valence-electron chi connectivity index (χ2n) is 5.75. The van der Waals surface area contributed by atoms with Gasteiger partial charge in [-0.25, -0.2) is 18.2 Å². The minimum Gasteiger partial charge on any atom is -0.306 e. The van der Waals surface area contributed by atoms with Crippen molar-refractivity contribution in [3.8, 4) is 17.3 Å². The Morgan fingerprint density at radius 2 is 1.82 bits per heavy atom. The quantitative estimate of drug-likeness (QED) is 0.548. The second-order valence-corrected chi connectivity index (χ2v) is 6.63. The van der Waals surface area contributed by atoms with Crippen molar-refractivity contribution in [3.05, 3.63) is 76.6 Å². The molecule has 4 aromatic rings. The van der Waals surface area contributed by atoms with Crippen LogP contribution in [0.2, 0.25) is 0 Å². The van der Waals surface area contributed by atoms with E-state index < -0.39 is 28.9 Å². The van der Waals surface area contributed by atoms with Gasteiger partial charge < -0.3 is 5.32 Å². The van der Waals surface area contributed by atoms with E-state index >= 15 is 0 Å². The Hall–Kier alpha value is -3.64. The highest BCUT2D eigenvalue weighted by Crippen LogP contribution is 2.31. The van der Waals surface area contributed by atoms with Gasteiger partial charge in [0, 0.05) is 17.1 Å². The van der Waals surface area contributed by atoms with E-state index in [1.807, 2.05) is 0 Å². The van der Waals surface area contributed by atoms with Crippen LogP contribution in [-0.4, -0.2) is 15.3 Å². The van der Waals surface area contributed by atoms with Gasteiger partial charge in [0.05, 0.1) is 11.6 Å². The van der Waals surface area contributed by atoms with Crippen molar-refractivity contribution in [1.82, 2.24) is 9.38 Å². The number of aromatic nitrogens is 2. The smallest absolute Gasteiger partial charge is 0.262 e. The molecule has 0 aliphatic heterocycles. The van der Waals surface area contributed by atoms with Gasteiger partial charge in [0.1, 0.15) is 34.5 Å². The zero-order chi connectivity index (χ0) is 19.8. The van der Waals surface area contributed by atoms with E-state index in [-0.39, 0.29) is 11.4 Å². The van der Waals surface area contributed by atoms with Crippen LogP contribution in [0.15, 0.2) is 48.0 Å². The summed E-state index contributed by atoms with van der Waals surface area (Å²) in [6.45, 7) is 0. The highest BCUT2D eigenvalue weighted by atomic mass is 32.1. The van der Waals surface area contributed by atoms with Crippen LogP contribution in [0.1, 0.15) is 15.9 Å². The number of nitrogens with zero attached hydrogens (tertiary/aromatic N) is 3. The maximum Gasteiger partial charge on any atom is 0.262 e. The number of nitrogens with one attached hydrogen (secondary N) is 1. The lowest BCUT2D eigenvalue weighted by Crippen LogP contribution is -2.17. The molecule has 9 heteroatoms. The van der Waals surface area contributed by atoms with Gasteiger partial charge in [0.2, 0.25) is 0 Å². The van der Waals surface area contributed by atoms with Crippen molar-refractivity contribution in [2.24, 2.45) is 0 Å². The molecule has 0 aliphatic carbocycles. The van der Waals surface area contributed by atoms with E-state index in [1.54, 1.807) is 22.0 Å². The van der Waals surface area contributed by atoms with Crippen molar-refractivity contribution < 1.29 is 18.0 Å². The van der Waals surface area contributed by atoms with Crippen LogP contribution in [0.25, 0.3) is 16.2 Å². The lowest BCUT2D eigenvalue weighted by Gasteiger charge is -2.09. The molecule has 0 bridgehead atoms. The minimum absolute atomic E-state index is 0.191. The third-order valence-corrected chi connectivity index (χ3v) is 4.77. The van der Waals surface area contributed by atoms with Crippen molar-refractivity contribution in [2.45, 2.75) is 0 Å². The van der Waals surface area contributed by atoms with E-state index in [2.05, 4.69) is 10.3 Å². The summed E-state index contributed by atoms with van der Waals surface area (Å²) >= 11 is 1.30. The highest BCUT2D eigenvalue weighted by molar-refractivity contribution is 7.15. The van der Waals surface area contributed by atoms with Gasteiger partial charge in [-0.05, 0) is 36.4 Å². The average Bonchev–Trinajstić information content (AvgIpc) is 3.24. The van der Waals surface area contributed by atoms with E-state index in [0.717, 1.165) is 12.1 Å². The van der Waals surface area contributed by atoms with Gasteiger partial charge in [0.25, 0.3) is 5.91 Å². The standard InChI is InChI=1S/C19H9F3N4OS/c20-12-3-1-11(2-4-12)16-17(26-5-6-28-19(26)24-16)25-18(27)15-13(21)7-10(9-23)8-14(15)22/h1-8H,(H,25,27). The predicted molar refractivity (Wildman–Crippen MR) is 97.5 cm³/mol. The summed E-state index contributed by atoms with van der Waals surface area (Å²) in [6.07, 6.45) is 1.64. The minimum atomic E-state index is -1.15. The molecule has 0 fully saturated rings. The van der Waals surface area contributed by atoms with Crippen molar-refractivity contribution in [3.63, 3.8) is 0 Å². The molecule has 28 heavy (non-hydrogen) atoms. The van der Waals surface area contributed by atoms with Gasteiger partial charge in [-0.15, -0.1) is 11.3 Å². The van der Waals surface area contributed by atoms with Crippen molar-refractivity contribution in [1.29, 1.82) is 5.26 Å². The maximum atomic E-state index is 14.2. The summed E-state index contributed by atoms with van der Waals surface area (Å²) in [5, 5.41) is 13.0. The zero-order valence-electron chi connectivity index (χ0n) is 13.9. The van der Waals surface area contributed by atoms with Crippen LogP contribution < -0.4 is 5.32 Å². The number of hydrogen-bond donors (Lipinski definition) is 1. The number of nitriles is 1. The molecule has 0 spiro atoms. The normalized spacial score (nSPS) is 10.8. The number of rotatable bonds is 3. The number of fused-ring (bicyclic) bond motifs is 1. The molecule has 0 aliphatic rings. The summed E-state index contributed by atoms with van der Waals surface area (Å²) in [5.74, 6) is -3.57. The fraction of sp³-hybridized carbons (Fsp3) is 0. The van der Waals surface area contributed by atoms with Crippen LogP contribution in [0.4, 0.5) is 19.0 Å². The molecule has 1 amide bonds. The third kappa shape index (κ3) is 3.00. The molecule has 2 heterocycles. The molecule has 1 N–H and O–H groups in total. The third-order valence-electron chi connectivity index (χ3n) is 4.01. The number of thiazole rings is 1. The second kappa shape index (κ2) is 6.83. The topological polar surface area (TPSA) is 70.2 Å². The molecular weight excluding hydrogens is 389 g/mol. The molecule has 0 atom stereocenters. The Labute approximate surface area is 160 Å². The van der Waals surface area contributed by atoms with Crippen LogP contribution in [-0.2, 0) is 0 Å². The average molecular weight is 398 g/mol. The molecule has 0 saturated carbocycles. The molecule has 0 unspecified atom stereocenters. The number of hydrogen-bond acceptors (Lipinski definition) is 4. The molecule has 5 nitrogen and oxygen atoms in total. The first kappa shape index (κ1) is 17.8. The Morgan fingerprint density at radius 1 is 1.14 bits per heavy atom. The number of amides is 1. The number of imidazole rings is 1. The van der Waals surface area contributed by atoms with Gasteiger partial charge in [0.15, 0.2) is 4.96 Å². The number of benzene rings is 2. The van der Waals surface area contributed by atoms with Crippen LogP contribution >= 0.6 is 11.3 Å². The van der Waals surface area contributed by atoms with Gasteiger partial charge in [-0.1, -0.05) is 0 Å². The van der Waals surface area contributed by atoms with Crippen LogP contribution in [0.3, 0.4) is 0 Å². The Balaban J connectivity index is 1.79. The van der Waals surface area contributed by atoms with Crippen molar-refractivity contribution in [2.75, 3.05) is 5.32 Å². The molecule has 4 rings (SSSR count). The van der Waals surface area contributed by atoms with Crippen molar-refractivity contribution >= 4 is 28.0 Å². The van der Waals surface area contributed by atoms with E-state index in [4.69, 9.17) is 5.26 Å². The first-order valence-corrected chi connectivity index (χ1v) is 8.78. The van der Waals surface area contributed by atoms with Gasteiger partial charge in [-0.2, -0.15) is 5.26 Å². The predicted octanol–water partition coefficient (Wildman–Crippen LogP) is 4.60. The molecule has 0 saturated heterocycles. The fourth-order valence-electron chi connectivity index (χ4n) is 2.74. The highest BCUT2D eigenvalue weighted by Gasteiger charge is 2.23. The first-order valence-electron chi connectivity index (χ1n) is 7.90. The lowest BCUT2D eigenvalue weighted by molar-refractivity contribution is 0.101. The van der Waals surface area contributed by atoms with Crippen LogP contribution in [0.5, 0.6) is 0 Å². The summed E-state index contributed by atoms with van der Waals surface area (Å²) in [7, 11) is 0. The monoisotopic (exact) mass is 398 g/mol. The Bertz CT molecular complexity index is 1230. The van der Waals surface area contributed by atoms with E-state index in [1.165, 1.54) is 35.6 Å². The SMILES string of the molecule is N#Cc1cc(F)c(C(=O)Nc2c(-c3ccc(F)cc3)nc3sccn23)c(F)c1. The molecule has 2 aromatic carbocycles. The van der Waals surface area contributed by atoms with Crippen LogP contribution in [0, 0.1) is 28.8 Å². The Kier molecular flexibility index (Phi) is 4.33. The number of carbonyl (C=O) groups is 1. The zero-order valence-corrected chi connectivity index (χ0v) is 14.7. The largest absolute Gasteiger partial charge is 0.306 e. The van der Waals surface area contributed by atoms with E-state index in [0.29, 0.717) is 16.2 Å². The molecule has 138 valence electrons. The number of carbonyl (C=O) groups excluding carboxylic acids is 1. The molecule has 0 radical (unpaired) electrons. The van der Waals surface area contributed by atoms with Gasteiger partial charge in [-0.3, -0.25) is 9.20 Å². The number of anilines is 1. The Morgan fingerprint density at radius 3 is 2.46 bits per heavy atom. The lowest BCUT2D eigenvalue weighted by atomic mass is 10.1. The summed E-state index contributed by atoms with van der Waals surface area (Å²) in [4.78, 5) is 17.5. The first-order chi connectivity index (χ1) is 13.5.